The number of nitrogens with one attached hydrogen (secondary N) is 3. The van der Waals surface area contributed by atoms with Crippen molar-refractivity contribution < 1.29 is 32.6 Å². The molecule has 1 aromatic heterocycles. The van der Waals surface area contributed by atoms with Crippen LogP contribution < -0.4 is 26.2 Å². The maximum atomic E-state index is 15.6. The zero-order valence-electron chi connectivity index (χ0n) is 31.1. The van der Waals surface area contributed by atoms with Gasteiger partial charge in [0.1, 0.15) is 18.0 Å². The molecule has 12 nitrogen and oxygen atoms in total. The number of amides is 1. The van der Waals surface area contributed by atoms with Gasteiger partial charge in [0.25, 0.3) is 5.56 Å². The largest absolute Gasteiger partial charge is 0.458 e. The number of rotatable bonds is 24. The van der Waals surface area contributed by atoms with Crippen LogP contribution >= 0.6 is 7.75 Å². The van der Waals surface area contributed by atoms with Crippen LogP contribution in [0.4, 0.5) is 4.39 Å². The molecule has 0 saturated carbocycles. The fraction of sp³-hybridized carbons (Fsp3) is 0.425. The first-order valence-electron chi connectivity index (χ1n) is 18.3. The number of hydrogen-bond acceptors (Lipinski definition) is 8. The predicted molar refractivity (Wildman–Crippen MR) is 210 cm³/mol. The molecule has 4 N–H and O–H groups in total. The quantitative estimate of drug-likeness (QED) is 0.0506. The number of nitrogens with zero attached hydrogens (tertiary/aromatic N) is 1. The van der Waals surface area contributed by atoms with Gasteiger partial charge in [0.2, 0.25) is 5.91 Å². The van der Waals surface area contributed by atoms with Gasteiger partial charge < -0.3 is 19.7 Å². The van der Waals surface area contributed by atoms with Crippen LogP contribution in [0.5, 0.6) is 5.75 Å². The Morgan fingerprint density at radius 1 is 0.926 bits per heavy atom. The van der Waals surface area contributed by atoms with Crippen LogP contribution in [-0.4, -0.2) is 58.1 Å². The van der Waals surface area contributed by atoms with Crippen molar-refractivity contribution in [3.8, 4) is 5.75 Å². The van der Waals surface area contributed by atoms with Crippen LogP contribution in [0.3, 0.4) is 0 Å². The Balaban J connectivity index is 1.36. The molecule has 0 bridgehead atoms. The van der Waals surface area contributed by atoms with E-state index >= 15 is 4.39 Å². The molecule has 1 saturated heterocycles. The highest BCUT2D eigenvalue weighted by Crippen LogP contribution is 2.46. The lowest BCUT2D eigenvalue weighted by Crippen LogP contribution is -2.43. The molecule has 0 aliphatic carbocycles. The third kappa shape index (κ3) is 15.9. The minimum Gasteiger partial charge on any atom is -0.413 e. The number of H-pyrrole nitrogens is 1. The maximum Gasteiger partial charge on any atom is 0.458 e. The number of ether oxygens (including phenoxy) is 1. The van der Waals surface area contributed by atoms with E-state index in [0.717, 1.165) is 62.3 Å². The van der Waals surface area contributed by atoms with Crippen molar-refractivity contribution in [2.45, 2.75) is 89.3 Å². The predicted octanol–water partition coefficient (Wildman–Crippen LogP) is 6.91. The number of halogens is 1. The van der Waals surface area contributed by atoms with Crippen molar-refractivity contribution in [3.63, 3.8) is 0 Å². The molecule has 1 fully saturated rings. The van der Waals surface area contributed by atoms with E-state index < -0.39 is 49.7 Å². The van der Waals surface area contributed by atoms with Gasteiger partial charge in [0.05, 0.1) is 6.61 Å². The summed E-state index contributed by atoms with van der Waals surface area (Å²) >= 11 is 0. The summed E-state index contributed by atoms with van der Waals surface area (Å²) in [5, 5.41) is 16.1. The highest BCUT2D eigenvalue weighted by Gasteiger charge is 2.55. The Labute approximate surface area is 316 Å². The number of benzene rings is 1. The number of carbonyl (C=O) groups is 1. The zero-order valence-corrected chi connectivity index (χ0v) is 32.0. The van der Waals surface area contributed by atoms with Gasteiger partial charge in [0, 0.05) is 31.8 Å². The second-order valence-corrected chi connectivity index (χ2v) is 14.3. The topological polar surface area (TPSA) is 161 Å². The van der Waals surface area contributed by atoms with E-state index in [1.807, 2.05) is 17.1 Å². The number of aromatic amines is 1. The highest BCUT2D eigenvalue weighted by atomic mass is 31.2. The maximum absolute atomic E-state index is 15.6. The van der Waals surface area contributed by atoms with E-state index in [-0.39, 0.29) is 31.2 Å². The van der Waals surface area contributed by atoms with Crippen molar-refractivity contribution in [2.75, 3.05) is 19.7 Å². The molecule has 1 amide bonds. The van der Waals surface area contributed by atoms with E-state index in [0.29, 0.717) is 6.42 Å². The van der Waals surface area contributed by atoms with E-state index in [1.54, 1.807) is 30.3 Å². The highest BCUT2D eigenvalue weighted by molar-refractivity contribution is 7.52. The van der Waals surface area contributed by atoms with Crippen LogP contribution in [0.15, 0.2) is 125 Å². The molecule has 14 heteroatoms. The van der Waals surface area contributed by atoms with Crippen molar-refractivity contribution >= 4 is 13.7 Å². The number of aliphatic hydroxyl groups is 1. The Hall–Kier alpha value is -4.39. The van der Waals surface area contributed by atoms with Crippen LogP contribution in [-0.2, 0) is 18.6 Å². The lowest BCUT2D eigenvalue weighted by Gasteiger charge is -2.24. The van der Waals surface area contributed by atoms with Gasteiger partial charge in [-0.1, -0.05) is 98.0 Å². The van der Waals surface area contributed by atoms with Crippen LogP contribution in [0.2, 0.25) is 0 Å². The number of alkyl halides is 1. The Morgan fingerprint density at radius 2 is 1.50 bits per heavy atom. The standard InChI is InChI=1S/C40H54FN4O8P/c1-3-4-5-6-7-8-9-10-11-12-13-14-15-16-17-18-19-20-24-27-35(46)42-29-30-43-54(50,53-33-25-22-21-23-26-33)51-32-34-37(48)40(2,41)38(52-34)45-31-28-36(47)44-39(45)49/h4-5,7-8,10-11,13-14,16-17,19-23,25-26,28,31,34,37-38,48H,3,6,9,12,15,18,24,27,29-30,32H2,1-2H3,(H,42,46)(H,43,50)(H,44,47,49)/b5-4-,8-7-,11-10-,14-13-,17-16-,20-19-/t34-,37-,38?,40-,54?/m1/s1. The molecule has 0 radical (unpaired) electrons. The number of carbonyl (C=O) groups excluding carboxylic acids is 1. The van der Waals surface area contributed by atoms with Crippen LogP contribution in [0, 0.1) is 0 Å². The molecule has 2 heterocycles. The Bertz CT molecular complexity index is 1770. The summed E-state index contributed by atoms with van der Waals surface area (Å²) in [5.41, 5.74) is -4.08. The molecule has 5 atom stereocenters. The summed E-state index contributed by atoms with van der Waals surface area (Å²) in [4.78, 5) is 38.1. The first kappa shape index (κ1) is 44.0. The van der Waals surface area contributed by atoms with Gasteiger partial charge in [-0.25, -0.2) is 18.8 Å². The molecule has 0 spiro atoms. The molecule has 2 unspecified atom stereocenters. The summed E-state index contributed by atoms with van der Waals surface area (Å²) in [7, 11) is -4.15. The monoisotopic (exact) mass is 768 g/mol. The minimum absolute atomic E-state index is 0.0000630. The van der Waals surface area contributed by atoms with Crippen molar-refractivity contribution in [2.24, 2.45) is 0 Å². The summed E-state index contributed by atoms with van der Waals surface area (Å²) in [6, 6.07) is 9.23. The van der Waals surface area contributed by atoms with Crippen molar-refractivity contribution in [1.29, 1.82) is 0 Å². The summed E-state index contributed by atoms with van der Waals surface area (Å²) in [6.45, 7) is 2.71. The van der Waals surface area contributed by atoms with Gasteiger partial charge >= 0.3 is 13.4 Å². The summed E-state index contributed by atoms with van der Waals surface area (Å²) in [6.07, 6.45) is 28.2. The number of hydrogen-bond donors (Lipinski definition) is 4. The molecular weight excluding hydrogens is 714 g/mol. The first-order chi connectivity index (χ1) is 26.1. The number of aliphatic hydroxyl groups excluding tert-OH is 1. The third-order valence-electron chi connectivity index (χ3n) is 8.09. The van der Waals surface area contributed by atoms with Crippen molar-refractivity contribution in [1.82, 2.24) is 20.0 Å². The SMILES string of the molecule is CC/C=C\C/C=C\C/C=C\C/C=C\C/C=C\C/C=C\CCC(=O)NCCNP(=O)(OC[C@H]1OC(n2ccc(=O)[nH]c2=O)[C@](C)(F)[C@@H]1O)Oc1ccccc1. The van der Waals surface area contributed by atoms with Gasteiger partial charge in [-0.15, -0.1) is 0 Å². The van der Waals surface area contributed by atoms with E-state index in [2.05, 4.69) is 78.1 Å². The molecule has 54 heavy (non-hydrogen) atoms. The van der Waals surface area contributed by atoms with Gasteiger partial charge in [-0.05, 0) is 64.0 Å². The molecule has 294 valence electrons. The van der Waals surface area contributed by atoms with Gasteiger partial charge in [-0.3, -0.25) is 23.7 Å². The van der Waals surface area contributed by atoms with E-state index in [9.17, 15) is 24.1 Å². The smallest absolute Gasteiger partial charge is 0.413 e. The average Bonchev–Trinajstić information content (AvgIpc) is 3.37. The third-order valence-corrected chi connectivity index (χ3v) is 9.64. The van der Waals surface area contributed by atoms with Gasteiger partial charge in [-0.2, -0.15) is 0 Å². The zero-order chi connectivity index (χ0) is 39.1. The van der Waals surface area contributed by atoms with E-state index in [1.165, 1.54) is 0 Å². The molecule has 1 aromatic carbocycles. The lowest BCUT2D eigenvalue weighted by atomic mass is 9.98. The minimum atomic E-state index is -4.15. The molecular formula is C40H54FN4O8P. The van der Waals surface area contributed by atoms with Crippen LogP contribution in [0.1, 0.15) is 71.4 Å². The molecule has 1 aliphatic rings. The van der Waals surface area contributed by atoms with Gasteiger partial charge in [0.15, 0.2) is 11.9 Å². The molecule has 3 rings (SSSR count). The van der Waals surface area contributed by atoms with E-state index in [4.69, 9.17) is 13.8 Å². The first-order valence-corrected chi connectivity index (χ1v) is 19.8. The number of para-hydroxylation sites is 1. The number of allylic oxidation sites excluding steroid dienone is 12. The fourth-order valence-corrected chi connectivity index (χ4v) is 6.53. The molecule has 2 aromatic rings. The fourth-order valence-electron chi connectivity index (χ4n) is 5.20. The Kier molecular flexibility index (Phi) is 19.6. The molecule has 1 aliphatic heterocycles. The van der Waals surface area contributed by atoms with Crippen molar-refractivity contribution in [3.05, 3.63) is 136 Å². The van der Waals surface area contributed by atoms with Crippen LogP contribution in [0.25, 0.3) is 0 Å². The summed E-state index contributed by atoms with van der Waals surface area (Å²) < 4.78 is 47.0. The number of aromatic nitrogens is 2. The second kappa shape index (κ2) is 24.1. The normalized spacial score (nSPS) is 21.7. The lowest BCUT2D eigenvalue weighted by molar-refractivity contribution is -0.120. The average molecular weight is 769 g/mol. The summed E-state index contributed by atoms with van der Waals surface area (Å²) in [5.74, 6) is 0.0268. The Morgan fingerprint density at radius 3 is 2.07 bits per heavy atom. The second-order valence-electron chi connectivity index (χ2n) is 12.5.